The Kier molecular flexibility index (Phi) is 9.34. The van der Waals surface area contributed by atoms with Crippen LogP contribution in [0.4, 0.5) is 0 Å². The van der Waals surface area contributed by atoms with Gasteiger partial charge < -0.3 is 14.2 Å². The van der Waals surface area contributed by atoms with Crippen molar-refractivity contribution in [2.45, 2.75) is 6.10 Å². The molecule has 0 fully saturated rings. The van der Waals surface area contributed by atoms with Crippen LogP contribution in [0.1, 0.15) is 0 Å². The van der Waals surface area contributed by atoms with Crippen molar-refractivity contribution >= 4 is 47.4 Å². The van der Waals surface area contributed by atoms with E-state index >= 15 is 0 Å². The minimum absolute atomic E-state index is 0.740. The second kappa shape index (κ2) is 9.98. The number of ether oxygens (including phenoxy) is 3. The normalized spacial score (nSPS) is 12.4. The van der Waals surface area contributed by atoms with E-state index in [0.29, 0.717) is 0 Å². The molecule has 0 atom stereocenters. The van der Waals surface area contributed by atoms with Gasteiger partial charge in [-0.3, -0.25) is 14.4 Å². The quantitative estimate of drug-likeness (QED) is 0.231. The predicted octanol–water partition coefficient (Wildman–Crippen LogP) is -2.88. The zero-order chi connectivity index (χ0) is 21.5. The molecule has 0 aliphatic rings. The summed E-state index contributed by atoms with van der Waals surface area (Å²) >= 11 is 0. The molecule has 0 saturated carbocycles. The predicted molar refractivity (Wildman–Crippen MR) is 90.9 cm³/mol. The molecule has 0 aromatic rings. The van der Waals surface area contributed by atoms with E-state index in [1.54, 1.807) is 0 Å². The maximum Gasteiger partial charge on any atom is 0.321 e. The summed E-state index contributed by atoms with van der Waals surface area (Å²) in [4.78, 5) is 34.3. The molecule has 0 radical (unpaired) electrons. The molecule has 27 heavy (non-hydrogen) atoms. The van der Waals surface area contributed by atoms with Crippen LogP contribution in [0.2, 0.25) is 0 Å². The lowest BCUT2D eigenvalue weighted by Crippen LogP contribution is -2.34. The largest absolute Gasteiger partial charge is 0.461 e. The minimum Gasteiger partial charge on any atom is -0.461 e. The van der Waals surface area contributed by atoms with Crippen LogP contribution in [0.3, 0.4) is 0 Å². The van der Waals surface area contributed by atoms with Crippen molar-refractivity contribution in [3.8, 4) is 0 Å². The molecule has 158 valence electrons. The molecule has 0 aromatic carbocycles. The van der Waals surface area contributed by atoms with Crippen LogP contribution in [-0.4, -0.2) is 98.5 Å². The van der Waals surface area contributed by atoms with Gasteiger partial charge in [-0.15, -0.1) is 0 Å². The number of carbonyl (C=O) groups is 3. The van der Waals surface area contributed by atoms with E-state index in [4.69, 9.17) is 4.74 Å². The SMILES string of the molecule is CS(=O)(=O)CC(=O)OCC(COC(=O)CS(C)(=O)=O)OC(=O)CS(C)(=O)=O. The maximum absolute atomic E-state index is 11.5. The Morgan fingerprint density at radius 3 is 1.22 bits per heavy atom. The lowest BCUT2D eigenvalue weighted by Gasteiger charge is -2.17. The molecule has 0 heterocycles. The monoisotopic (exact) mass is 452 g/mol. The Bertz CT molecular complexity index is 817. The van der Waals surface area contributed by atoms with Gasteiger partial charge in [0.2, 0.25) is 0 Å². The van der Waals surface area contributed by atoms with Gasteiger partial charge in [0.1, 0.15) is 30.5 Å². The van der Waals surface area contributed by atoms with Crippen LogP contribution in [0.15, 0.2) is 0 Å². The fraction of sp³-hybridized carbons (Fsp3) is 0.750. The van der Waals surface area contributed by atoms with Gasteiger partial charge in [-0.25, -0.2) is 25.3 Å². The third kappa shape index (κ3) is 16.2. The van der Waals surface area contributed by atoms with Crippen molar-refractivity contribution in [1.82, 2.24) is 0 Å². The summed E-state index contributed by atoms with van der Waals surface area (Å²) in [5.41, 5.74) is 0. The van der Waals surface area contributed by atoms with Gasteiger partial charge >= 0.3 is 17.9 Å². The lowest BCUT2D eigenvalue weighted by molar-refractivity contribution is -0.163. The van der Waals surface area contributed by atoms with Crippen LogP contribution in [0, 0.1) is 0 Å². The average molecular weight is 452 g/mol. The molecule has 0 saturated heterocycles. The molecule has 0 aliphatic heterocycles. The Morgan fingerprint density at radius 2 is 0.926 bits per heavy atom. The highest BCUT2D eigenvalue weighted by Gasteiger charge is 2.23. The van der Waals surface area contributed by atoms with Gasteiger partial charge in [-0.05, 0) is 0 Å². The average Bonchev–Trinajstić information content (AvgIpc) is 2.35. The molecule has 0 bridgehead atoms. The molecule has 0 aromatic heterocycles. The van der Waals surface area contributed by atoms with Gasteiger partial charge in [0.25, 0.3) is 0 Å². The Hall–Kier alpha value is -1.74. The van der Waals surface area contributed by atoms with Gasteiger partial charge in [0.15, 0.2) is 35.6 Å². The standard InChI is InChI=1S/C12H20O12S3/c1-25(16,17)6-10(13)22-4-9(24-12(15)8-27(3,20)21)5-23-11(14)7-26(2,18)19/h9H,4-8H2,1-3H3. The summed E-state index contributed by atoms with van der Waals surface area (Å²) in [6.45, 7) is -1.48. The Morgan fingerprint density at radius 1 is 0.630 bits per heavy atom. The van der Waals surface area contributed by atoms with Crippen LogP contribution < -0.4 is 0 Å². The second-order valence-corrected chi connectivity index (χ2v) is 12.1. The van der Waals surface area contributed by atoms with E-state index in [1.807, 2.05) is 0 Å². The molecule has 0 rings (SSSR count). The van der Waals surface area contributed by atoms with Crippen molar-refractivity contribution in [3.63, 3.8) is 0 Å². The van der Waals surface area contributed by atoms with Crippen LogP contribution >= 0.6 is 0 Å². The van der Waals surface area contributed by atoms with Gasteiger partial charge in [-0.1, -0.05) is 0 Å². The first-order chi connectivity index (χ1) is 12.0. The summed E-state index contributed by atoms with van der Waals surface area (Å²) in [6.07, 6.45) is 0.864. The van der Waals surface area contributed by atoms with E-state index < -0.39 is 84.0 Å². The first-order valence-electron chi connectivity index (χ1n) is 7.01. The minimum atomic E-state index is -3.73. The van der Waals surface area contributed by atoms with Gasteiger partial charge in [0.05, 0.1) is 0 Å². The molecule has 12 nitrogen and oxygen atoms in total. The third-order valence-electron chi connectivity index (χ3n) is 2.30. The second-order valence-electron chi connectivity index (χ2n) is 5.69. The van der Waals surface area contributed by atoms with Gasteiger partial charge in [-0.2, -0.15) is 0 Å². The van der Waals surface area contributed by atoms with Crippen molar-refractivity contribution in [2.24, 2.45) is 0 Å². The molecule has 0 N–H and O–H groups in total. The zero-order valence-electron chi connectivity index (χ0n) is 14.7. The Balaban J connectivity index is 4.91. The zero-order valence-corrected chi connectivity index (χ0v) is 17.2. The van der Waals surface area contributed by atoms with Crippen molar-refractivity contribution in [3.05, 3.63) is 0 Å². The van der Waals surface area contributed by atoms with E-state index in [-0.39, 0.29) is 0 Å². The lowest BCUT2D eigenvalue weighted by atomic mass is 10.4. The van der Waals surface area contributed by atoms with Crippen LogP contribution in [0.5, 0.6) is 0 Å². The molecule has 0 spiro atoms. The highest BCUT2D eigenvalue weighted by Crippen LogP contribution is 2.01. The summed E-state index contributed by atoms with van der Waals surface area (Å²) < 4.78 is 80.0. The van der Waals surface area contributed by atoms with Crippen LogP contribution in [-0.2, 0) is 58.1 Å². The molecule has 0 amide bonds. The third-order valence-corrected chi connectivity index (χ3v) is 4.58. The smallest absolute Gasteiger partial charge is 0.321 e. The number of hydrogen-bond donors (Lipinski definition) is 0. The van der Waals surface area contributed by atoms with E-state index in [2.05, 4.69) is 9.47 Å². The van der Waals surface area contributed by atoms with Crippen molar-refractivity contribution < 1.29 is 53.8 Å². The van der Waals surface area contributed by atoms with E-state index in [0.717, 1.165) is 18.8 Å². The Labute approximate surface area is 156 Å². The van der Waals surface area contributed by atoms with E-state index in [1.165, 1.54) is 0 Å². The fourth-order valence-corrected chi connectivity index (χ4v) is 2.95. The van der Waals surface area contributed by atoms with Crippen LogP contribution in [0.25, 0.3) is 0 Å². The number of sulfone groups is 3. The number of rotatable bonds is 11. The molecular weight excluding hydrogens is 432 g/mol. The molecule has 0 unspecified atom stereocenters. The van der Waals surface area contributed by atoms with Gasteiger partial charge in [0, 0.05) is 18.8 Å². The molecule has 0 aliphatic carbocycles. The number of hydrogen-bond acceptors (Lipinski definition) is 12. The summed E-state index contributed by atoms with van der Waals surface area (Å²) in [6, 6.07) is 0. The van der Waals surface area contributed by atoms with Crippen molar-refractivity contribution in [2.75, 3.05) is 49.2 Å². The number of carbonyl (C=O) groups excluding carboxylic acids is 3. The first-order valence-corrected chi connectivity index (χ1v) is 13.2. The summed E-state index contributed by atoms with van der Waals surface area (Å²) in [5, 5.41) is 0. The fourth-order valence-electron chi connectivity index (χ4n) is 1.43. The molecular formula is C12H20O12S3. The summed E-state index contributed by atoms with van der Waals surface area (Å²) in [7, 11) is -11.1. The maximum atomic E-state index is 11.5. The topological polar surface area (TPSA) is 181 Å². The molecule has 15 heteroatoms. The highest BCUT2D eigenvalue weighted by atomic mass is 32.2. The summed E-state index contributed by atoms with van der Waals surface area (Å²) in [5.74, 6) is -6.50. The highest BCUT2D eigenvalue weighted by molar-refractivity contribution is 7.91. The van der Waals surface area contributed by atoms with E-state index in [9.17, 15) is 39.6 Å². The number of esters is 3. The first kappa shape index (κ1) is 25.3. The van der Waals surface area contributed by atoms with Crippen molar-refractivity contribution in [1.29, 1.82) is 0 Å².